The monoisotopic (exact) mass is 374 g/mol. The summed E-state index contributed by atoms with van der Waals surface area (Å²) in [6.07, 6.45) is 6.14. The van der Waals surface area contributed by atoms with Gasteiger partial charge in [-0.15, -0.1) is 0 Å². The lowest BCUT2D eigenvalue weighted by molar-refractivity contribution is 0.0862. The van der Waals surface area contributed by atoms with Crippen LogP contribution in [0.1, 0.15) is 36.2 Å². The lowest BCUT2D eigenvalue weighted by Gasteiger charge is -2.36. The number of rotatable bonds is 5. The number of hydrogen-bond donors (Lipinski definition) is 1. The number of carbonyl (C=O) groups is 1. The summed E-state index contributed by atoms with van der Waals surface area (Å²) in [6.45, 7) is 0.177. The third-order valence-corrected chi connectivity index (χ3v) is 5.80. The molecule has 2 atom stereocenters. The molecule has 4 rings (SSSR count). The number of benzene rings is 1. The van der Waals surface area contributed by atoms with Crippen molar-refractivity contribution < 1.29 is 9.53 Å². The highest BCUT2D eigenvalue weighted by molar-refractivity contribution is 6.30. The first-order valence-electron chi connectivity index (χ1n) is 9.03. The Morgan fingerprint density at radius 1 is 1.23 bits per heavy atom. The third kappa shape index (κ3) is 3.57. The number of nitrogens with one attached hydrogen (secondary N) is 1. The normalized spacial score (nSPS) is 25.2. The number of carbonyl (C=O) groups excluding carboxylic acids is 1. The van der Waals surface area contributed by atoms with Crippen molar-refractivity contribution >= 4 is 17.5 Å². The van der Waals surface area contributed by atoms with E-state index in [1.165, 1.54) is 12.8 Å². The van der Waals surface area contributed by atoms with Crippen molar-refractivity contribution in [1.29, 1.82) is 0 Å². The molecule has 0 aliphatic carbocycles. The fourth-order valence-corrected chi connectivity index (χ4v) is 4.21. The first kappa shape index (κ1) is 17.4. The highest BCUT2D eigenvalue weighted by Crippen LogP contribution is 2.34. The molecule has 1 aromatic heterocycles. The van der Waals surface area contributed by atoms with E-state index in [2.05, 4.69) is 22.4 Å². The zero-order valence-electron chi connectivity index (χ0n) is 14.8. The molecule has 2 unspecified atom stereocenters. The summed E-state index contributed by atoms with van der Waals surface area (Å²) in [5.74, 6) is 0.597. The third-order valence-electron chi connectivity index (χ3n) is 5.55. The van der Waals surface area contributed by atoms with E-state index in [0.717, 1.165) is 12.8 Å². The second-order valence-corrected chi connectivity index (χ2v) is 7.57. The minimum absolute atomic E-state index is 0.0869. The molecule has 6 nitrogen and oxygen atoms in total. The van der Waals surface area contributed by atoms with Gasteiger partial charge in [0, 0.05) is 29.3 Å². The minimum atomic E-state index is -0.0869. The molecule has 2 aromatic rings. The van der Waals surface area contributed by atoms with Gasteiger partial charge in [-0.1, -0.05) is 11.6 Å². The molecule has 2 aliphatic rings. The lowest BCUT2D eigenvalue weighted by atomic mass is 9.98. The van der Waals surface area contributed by atoms with Gasteiger partial charge in [0.15, 0.2) is 6.73 Å². The zero-order chi connectivity index (χ0) is 18.1. The number of halogens is 1. The number of ether oxygens (including phenoxy) is 1. The fraction of sp³-hybridized carbons (Fsp3) is 0.474. The van der Waals surface area contributed by atoms with E-state index in [1.54, 1.807) is 41.2 Å². The smallest absolute Gasteiger partial charge is 0.269 e. The molecule has 7 heteroatoms. The summed E-state index contributed by atoms with van der Waals surface area (Å²) in [5, 5.41) is 8.06. The van der Waals surface area contributed by atoms with Gasteiger partial charge in [0.2, 0.25) is 0 Å². The standard InChI is InChI=1S/C19H23ClN4O2/c1-23-15-4-5-16(23)11-14(10-15)22-19(25)18-8-9-21-24(18)12-26-17-6-2-13(20)3-7-17/h2-3,6-9,14-16H,4-5,10-12H2,1H3,(H,22,25). The number of fused-ring (bicyclic) bond motifs is 2. The van der Waals surface area contributed by atoms with Crippen molar-refractivity contribution in [2.24, 2.45) is 0 Å². The molecule has 2 aliphatic heterocycles. The van der Waals surface area contributed by atoms with Crippen LogP contribution < -0.4 is 10.1 Å². The summed E-state index contributed by atoms with van der Waals surface area (Å²) in [4.78, 5) is 15.2. The molecule has 3 heterocycles. The summed E-state index contributed by atoms with van der Waals surface area (Å²) in [5.41, 5.74) is 0.519. The Kier molecular flexibility index (Phi) is 4.87. The molecule has 2 bridgehead atoms. The highest BCUT2D eigenvalue weighted by atomic mass is 35.5. The maximum absolute atomic E-state index is 12.7. The molecule has 2 saturated heterocycles. The van der Waals surface area contributed by atoms with Crippen LogP contribution in [-0.2, 0) is 6.73 Å². The minimum Gasteiger partial charge on any atom is -0.471 e. The van der Waals surface area contributed by atoms with E-state index in [9.17, 15) is 4.79 Å². The van der Waals surface area contributed by atoms with Crippen molar-refractivity contribution in [3.63, 3.8) is 0 Å². The molecule has 0 saturated carbocycles. The van der Waals surface area contributed by atoms with Crippen LogP contribution in [0.4, 0.5) is 0 Å². The van der Waals surface area contributed by atoms with Gasteiger partial charge in [-0.25, -0.2) is 4.68 Å². The molecular weight excluding hydrogens is 352 g/mol. The maximum Gasteiger partial charge on any atom is 0.269 e. The van der Waals surface area contributed by atoms with Crippen LogP contribution in [0.5, 0.6) is 5.75 Å². The first-order valence-corrected chi connectivity index (χ1v) is 9.41. The Hall–Kier alpha value is -2.05. The average molecular weight is 375 g/mol. The van der Waals surface area contributed by atoms with Crippen LogP contribution >= 0.6 is 11.6 Å². The van der Waals surface area contributed by atoms with E-state index in [4.69, 9.17) is 16.3 Å². The van der Waals surface area contributed by atoms with Crippen LogP contribution in [0.2, 0.25) is 5.02 Å². The molecule has 26 heavy (non-hydrogen) atoms. The van der Waals surface area contributed by atoms with Crippen molar-refractivity contribution in [3.05, 3.63) is 47.2 Å². The molecule has 138 valence electrons. The SMILES string of the molecule is CN1C2CCC1CC(NC(=O)c1ccnn1COc1ccc(Cl)cc1)C2. The largest absolute Gasteiger partial charge is 0.471 e. The Morgan fingerprint density at radius 2 is 1.92 bits per heavy atom. The van der Waals surface area contributed by atoms with Crippen LogP contribution in [0, 0.1) is 0 Å². The Labute approximate surface area is 158 Å². The summed E-state index contributed by atoms with van der Waals surface area (Å²) >= 11 is 5.88. The molecule has 1 N–H and O–H groups in total. The molecule has 0 radical (unpaired) electrons. The van der Waals surface area contributed by atoms with E-state index < -0.39 is 0 Å². The second kappa shape index (κ2) is 7.29. The van der Waals surface area contributed by atoms with E-state index >= 15 is 0 Å². The fourth-order valence-electron chi connectivity index (χ4n) is 4.08. The van der Waals surface area contributed by atoms with E-state index in [-0.39, 0.29) is 18.7 Å². The maximum atomic E-state index is 12.7. The topological polar surface area (TPSA) is 59.4 Å². The number of amides is 1. The molecule has 2 fully saturated rings. The van der Waals surface area contributed by atoms with Gasteiger partial charge in [0.25, 0.3) is 5.91 Å². The highest BCUT2D eigenvalue weighted by Gasteiger charge is 2.39. The van der Waals surface area contributed by atoms with Crippen LogP contribution in [0.25, 0.3) is 0 Å². The summed E-state index contributed by atoms with van der Waals surface area (Å²) in [6, 6.07) is 10.3. The van der Waals surface area contributed by atoms with Gasteiger partial charge in [-0.05, 0) is 63.1 Å². The van der Waals surface area contributed by atoms with Gasteiger partial charge in [-0.3, -0.25) is 4.79 Å². The Morgan fingerprint density at radius 3 is 2.62 bits per heavy atom. The quantitative estimate of drug-likeness (QED) is 0.874. The number of nitrogens with zero attached hydrogens (tertiary/aromatic N) is 3. The van der Waals surface area contributed by atoms with Crippen LogP contribution in [0.15, 0.2) is 36.5 Å². The number of aromatic nitrogens is 2. The van der Waals surface area contributed by atoms with Crippen molar-refractivity contribution in [3.8, 4) is 5.75 Å². The Balaban J connectivity index is 1.37. The summed E-state index contributed by atoms with van der Waals surface area (Å²) < 4.78 is 7.28. The van der Waals surface area contributed by atoms with Gasteiger partial charge in [0.1, 0.15) is 11.4 Å². The molecule has 0 spiro atoms. The van der Waals surface area contributed by atoms with Crippen LogP contribution in [-0.4, -0.2) is 45.8 Å². The van der Waals surface area contributed by atoms with Gasteiger partial charge in [-0.2, -0.15) is 5.10 Å². The molecule has 1 aromatic carbocycles. The van der Waals surface area contributed by atoms with Crippen LogP contribution in [0.3, 0.4) is 0 Å². The van der Waals surface area contributed by atoms with E-state index in [1.807, 2.05) is 0 Å². The second-order valence-electron chi connectivity index (χ2n) is 7.14. The number of piperidine rings is 1. The predicted octanol–water partition coefficient (Wildman–Crippen LogP) is 2.93. The molecular formula is C19H23ClN4O2. The number of hydrogen-bond acceptors (Lipinski definition) is 4. The first-order chi connectivity index (χ1) is 12.6. The lowest BCUT2D eigenvalue weighted by Crippen LogP contribution is -2.49. The van der Waals surface area contributed by atoms with E-state index in [0.29, 0.717) is 28.5 Å². The predicted molar refractivity (Wildman–Crippen MR) is 99.4 cm³/mol. The van der Waals surface area contributed by atoms with Crippen molar-refractivity contribution in [2.45, 2.75) is 50.5 Å². The van der Waals surface area contributed by atoms with Gasteiger partial charge in [0.05, 0.1) is 0 Å². The summed E-state index contributed by atoms with van der Waals surface area (Å²) in [7, 11) is 2.20. The van der Waals surface area contributed by atoms with Crippen molar-refractivity contribution in [1.82, 2.24) is 20.0 Å². The average Bonchev–Trinajstić information content (AvgIpc) is 3.16. The molecule has 1 amide bonds. The zero-order valence-corrected chi connectivity index (χ0v) is 15.5. The van der Waals surface area contributed by atoms with Gasteiger partial charge < -0.3 is 15.0 Å². The van der Waals surface area contributed by atoms with Gasteiger partial charge >= 0.3 is 0 Å². The van der Waals surface area contributed by atoms with Crippen molar-refractivity contribution in [2.75, 3.05) is 7.05 Å². The Bertz CT molecular complexity index is 762.